The molecular formula is C15H21FN2O3. The third kappa shape index (κ3) is 8.62. The van der Waals surface area contributed by atoms with Crippen LogP contribution in [-0.2, 0) is 16.0 Å². The molecule has 0 aliphatic heterocycles. The Labute approximate surface area is 123 Å². The highest BCUT2D eigenvalue weighted by atomic mass is 19.1. The molecule has 0 spiro atoms. The van der Waals surface area contributed by atoms with Gasteiger partial charge < -0.3 is 15.4 Å². The topological polar surface area (TPSA) is 67.4 Å². The number of alkyl halides is 1. The summed E-state index contributed by atoms with van der Waals surface area (Å²) in [5.41, 5.74) is 1.18. The van der Waals surface area contributed by atoms with Crippen molar-refractivity contribution >= 4 is 12.0 Å². The molecule has 1 aromatic rings. The van der Waals surface area contributed by atoms with Gasteiger partial charge in [0.2, 0.25) is 5.91 Å². The minimum Gasteiger partial charge on any atom is -0.447 e. The molecule has 1 aromatic carbocycles. The van der Waals surface area contributed by atoms with Crippen molar-refractivity contribution in [1.29, 1.82) is 0 Å². The van der Waals surface area contributed by atoms with Gasteiger partial charge in [0, 0.05) is 19.5 Å². The van der Waals surface area contributed by atoms with Crippen LogP contribution in [0.25, 0.3) is 0 Å². The van der Waals surface area contributed by atoms with Gasteiger partial charge in [-0.15, -0.1) is 0 Å². The van der Waals surface area contributed by atoms with Crippen LogP contribution in [0.4, 0.5) is 9.18 Å². The first kappa shape index (κ1) is 16.9. The molecule has 116 valence electrons. The molecule has 0 aromatic heterocycles. The molecule has 0 aliphatic carbocycles. The number of hydrogen-bond donors (Lipinski definition) is 2. The molecular weight excluding hydrogens is 275 g/mol. The third-order valence-electron chi connectivity index (χ3n) is 2.74. The number of benzene rings is 1. The van der Waals surface area contributed by atoms with Crippen LogP contribution in [0.1, 0.15) is 18.4 Å². The van der Waals surface area contributed by atoms with Crippen LogP contribution in [-0.4, -0.2) is 38.4 Å². The van der Waals surface area contributed by atoms with Crippen molar-refractivity contribution < 1.29 is 18.7 Å². The van der Waals surface area contributed by atoms with Gasteiger partial charge in [-0.3, -0.25) is 4.79 Å². The van der Waals surface area contributed by atoms with E-state index in [4.69, 9.17) is 0 Å². The normalized spacial score (nSPS) is 9.95. The van der Waals surface area contributed by atoms with Crippen LogP contribution in [0.3, 0.4) is 0 Å². The number of carbonyl (C=O) groups is 2. The van der Waals surface area contributed by atoms with E-state index in [1.165, 1.54) is 5.56 Å². The summed E-state index contributed by atoms with van der Waals surface area (Å²) in [5.74, 6) is -0.0511. The molecule has 0 heterocycles. The number of halogens is 1. The smallest absolute Gasteiger partial charge is 0.407 e. The lowest BCUT2D eigenvalue weighted by molar-refractivity contribution is -0.121. The monoisotopic (exact) mass is 296 g/mol. The van der Waals surface area contributed by atoms with Crippen LogP contribution >= 0.6 is 0 Å². The quantitative estimate of drug-likeness (QED) is 0.683. The van der Waals surface area contributed by atoms with Gasteiger partial charge in [0.15, 0.2) is 0 Å². The molecule has 0 radical (unpaired) electrons. The van der Waals surface area contributed by atoms with E-state index in [1.807, 2.05) is 30.3 Å². The molecule has 2 amide bonds. The Balaban J connectivity index is 2.00. The van der Waals surface area contributed by atoms with E-state index < -0.39 is 12.8 Å². The van der Waals surface area contributed by atoms with Crippen molar-refractivity contribution in [3.05, 3.63) is 35.9 Å². The Morgan fingerprint density at radius 3 is 2.57 bits per heavy atom. The highest BCUT2D eigenvalue weighted by Crippen LogP contribution is 1.98. The standard InChI is InChI=1S/C15H21FN2O3/c16-9-12-21-15(20)18-10-4-7-14(19)17-11-8-13-5-2-1-3-6-13/h1-3,5-6H,4,7-12H2,(H,17,19)(H,18,20). The Morgan fingerprint density at radius 1 is 1.10 bits per heavy atom. The minimum atomic E-state index is -0.697. The number of rotatable bonds is 9. The summed E-state index contributed by atoms with van der Waals surface area (Å²) in [6.45, 7) is -0.0188. The molecule has 0 fully saturated rings. The molecule has 0 atom stereocenters. The second kappa shape index (κ2) is 10.7. The van der Waals surface area contributed by atoms with Crippen molar-refractivity contribution in [2.24, 2.45) is 0 Å². The molecule has 0 saturated heterocycles. The van der Waals surface area contributed by atoms with Gasteiger partial charge in [0.1, 0.15) is 13.3 Å². The molecule has 1 rings (SSSR count). The summed E-state index contributed by atoms with van der Waals surface area (Å²) in [7, 11) is 0. The van der Waals surface area contributed by atoms with Gasteiger partial charge in [-0.25, -0.2) is 9.18 Å². The van der Waals surface area contributed by atoms with Crippen LogP contribution in [0.5, 0.6) is 0 Å². The van der Waals surface area contributed by atoms with Crippen LogP contribution in [0.2, 0.25) is 0 Å². The van der Waals surface area contributed by atoms with Gasteiger partial charge in [0.05, 0.1) is 0 Å². The summed E-state index contributed by atoms with van der Waals surface area (Å²) in [6, 6.07) is 9.90. The number of nitrogens with one attached hydrogen (secondary N) is 2. The molecule has 0 unspecified atom stereocenters. The molecule has 6 heteroatoms. The Hall–Kier alpha value is -2.11. The predicted molar refractivity (Wildman–Crippen MR) is 77.7 cm³/mol. The summed E-state index contributed by atoms with van der Waals surface area (Å²) in [4.78, 5) is 22.5. The van der Waals surface area contributed by atoms with E-state index in [9.17, 15) is 14.0 Å². The van der Waals surface area contributed by atoms with Crippen molar-refractivity contribution in [3.63, 3.8) is 0 Å². The van der Waals surface area contributed by atoms with Crippen molar-refractivity contribution in [1.82, 2.24) is 10.6 Å². The lowest BCUT2D eigenvalue weighted by atomic mass is 10.1. The zero-order valence-corrected chi connectivity index (χ0v) is 11.9. The zero-order valence-electron chi connectivity index (χ0n) is 11.9. The second-order valence-corrected chi connectivity index (χ2v) is 4.44. The maximum absolute atomic E-state index is 11.7. The molecule has 0 saturated carbocycles. The first-order valence-corrected chi connectivity index (χ1v) is 6.99. The Bertz CT molecular complexity index is 426. The fraction of sp³-hybridized carbons (Fsp3) is 0.467. The van der Waals surface area contributed by atoms with Crippen LogP contribution in [0.15, 0.2) is 30.3 Å². The lowest BCUT2D eigenvalue weighted by Crippen LogP contribution is -2.29. The van der Waals surface area contributed by atoms with E-state index in [-0.39, 0.29) is 12.5 Å². The summed E-state index contributed by atoms with van der Waals surface area (Å²) in [5, 5.41) is 5.27. The fourth-order valence-electron chi connectivity index (χ4n) is 1.70. The Kier molecular flexibility index (Phi) is 8.59. The van der Waals surface area contributed by atoms with Gasteiger partial charge in [-0.05, 0) is 18.4 Å². The van der Waals surface area contributed by atoms with E-state index in [0.717, 1.165) is 6.42 Å². The predicted octanol–water partition coefficient (Wildman–Crippen LogP) is 1.82. The van der Waals surface area contributed by atoms with Gasteiger partial charge in [0.25, 0.3) is 0 Å². The molecule has 0 aliphatic rings. The van der Waals surface area contributed by atoms with Gasteiger partial charge >= 0.3 is 6.09 Å². The summed E-state index contributed by atoms with van der Waals surface area (Å²) >= 11 is 0. The van der Waals surface area contributed by atoms with Crippen molar-refractivity contribution in [2.45, 2.75) is 19.3 Å². The largest absolute Gasteiger partial charge is 0.447 e. The highest BCUT2D eigenvalue weighted by molar-refractivity contribution is 5.75. The SMILES string of the molecule is O=C(CCCNC(=O)OCCF)NCCc1ccccc1. The molecule has 2 N–H and O–H groups in total. The lowest BCUT2D eigenvalue weighted by Gasteiger charge is -2.07. The molecule has 0 bridgehead atoms. The van der Waals surface area contributed by atoms with Gasteiger partial charge in [-0.1, -0.05) is 30.3 Å². The molecule has 5 nitrogen and oxygen atoms in total. The first-order chi connectivity index (χ1) is 10.2. The fourth-order valence-corrected chi connectivity index (χ4v) is 1.70. The van der Waals surface area contributed by atoms with Crippen molar-refractivity contribution in [3.8, 4) is 0 Å². The number of ether oxygens (including phenoxy) is 1. The van der Waals surface area contributed by atoms with E-state index in [0.29, 0.717) is 25.9 Å². The second-order valence-electron chi connectivity index (χ2n) is 4.44. The average molecular weight is 296 g/mol. The van der Waals surface area contributed by atoms with Crippen LogP contribution < -0.4 is 10.6 Å². The Morgan fingerprint density at radius 2 is 1.86 bits per heavy atom. The number of carbonyl (C=O) groups excluding carboxylic acids is 2. The van der Waals surface area contributed by atoms with Crippen LogP contribution in [0, 0.1) is 0 Å². The van der Waals surface area contributed by atoms with E-state index in [1.54, 1.807) is 0 Å². The number of hydrogen-bond acceptors (Lipinski definition) is 3. The first-order valence-electron chi connectivity index (χ1n) is 6.99. The summed E-state index contributed by atoms with van der Waals surface area (Å²) < 4.78 is 16.2. The number of amides is 2. The average Bonchev–Trinajstić information content (AvgIpc) is 2.50. The maximum atomic E-state index is 11.7. The molecule has 21 heavy (non-hydrogen) atoms. The van der Waals surface area contributed by atoms with E-state index in [2.05, 4.69) is 15.4 Å². The summed E-state index contributed by atoms with van der Waals surface area (Å²) in [6.07, 6.45) is 0.984. The zero-order chi connectivity index (χ0) is 15.3. The van der Waals surface area contributed by atoms with E-state index >= 15 is 0 Å². The third-order valence-corrected chi connectivity index (χ3v) is 2.74. The minimum absolute atomic E-state index is 0.0511. The maximum Gasteiger partial charge on any atom is 0.407 e. The highest BCUT2D eigenvalue weighted by Gasteiger charge is 2.03. The van der Waals surface area contributed by atoms with Crippen molar-refractivity contribution in [2.75, 3.05) is 26.4 Å². The van der Waals surface area contributed by atoms with Gasteiger partial charge in [-0.2, -0.15) is 0 Å². The number of alkyl carbamates (subject to hydrolysis) is 1.